The third-order valence-corrected chi connectivity index (χ3v) is 3.60. The highest BCUT2D eigenvalue weighted by molar-refractivity contribution is 6.17. The fourth-order valence-corrected chi connectivity index (χ4v) is 2.68. The van der Waals surface area contributed by atoms with E-state index in [4.69, 9.17) is 11.6 Å². The largest absolute Gasteiger partial charge is 0.340 e. The van der Waals surface area contributed by atoms with Crippen LogP contribution in [0.25, 0.3) is 0 Å². The van der Waals surface area contributed by atoms with Gasteiger partial charge in [0.1, 0.15) is 0 Å². The average Bonchev–Trinajstić information content (AvgIpc) is 2.30. The van der Waals surface area contributed by atoms with Gasteiger partial charge in [-0.1, -0.05) is 19.8 Å². The minimum absolute atomic E-state index is 0.350. The number of amides is 1. The van der Waals surface area contributed by atoms with Crippen LogP contribution >= 0.6 is 11.6 Å². The van der Waals surface area contributed by atoms with Crippen molar-refractivity contribution in [2.75, 3.05) is 12.4 Å². The molecule has 1 aliphatic rings. The zero-order valence-electron chi connectivity index (χ0n) is 10.4. The van der Waals surface area contributed by atoms with Crippen molar-refractivity contribution in [3.63, 3.8) is 0 Å². The zero-order chi connectivity index (χ0) is 11.8. The van der Waals surface area contributed by atoms with Gasteiger partial charge >= 0.3 is 0 Å². The SMILES string of the molecule is CCCCCC(=O)N1CCCCC1CCCl. The highest BCUT2D eigenvalue weighted by Gasteiger charge is 2.25. The number of nitrogens with zero attached hydrogens (tertiary/aromatic N) is 1. The van der Waals surface area contributed by atoms with Crippen LogP contribution < -0.4 is 0 Å². The molecule has 0 saturated carbocycles. The molecule has 1 rings (SSSR count). The van der Waals surface area contributed by atoms with Crippen molar-refractivity contribution >= 4 is 17.5 Å². The summed E-state index contributed by atoms with van der Waals surface area (Å²) >= 11 is 5.79. The summed E-state index contributed by atoms with van der Waals surface area (Å²) in [6.07, 6.45) is 8.64. The van der Waals surface area contributed by atoms with E-state index in [2.05, 4.69) is 11.8 Å². The van der Waals surface area contributed by atoms with Crippen molar-refractivity contribution in [2.24, 2.45) is 0 Å². The molecule has 0 bridgehead atoms. The van der Waals surface area contributed by atoms with E-state index >= 15 is 0 Å². The summed E-state index contributed by atoms with van der Waals surface area (Å²) in [5, 5.41) is 0. The molecule has 0 aliphatic carbocycles. The van der Waals surface area contributed by atoms with Gasteiger partial charge in [0.05, 0.1) is 0 Å². The van der Waals surface area contributed by atoms with Gasteiger partial charge in [-0.05, 0) is 32.1 Å². The average molecular weight is 246 g/mol. The summed E-state index contributed by atoms with van der Waals surface area (Å²) in [4.78, 5) is 14.1. The predicted octanol–water partition coefficient (Wildman–Crippen LogP) is 3.58. The Bertz CT molecular complexity index is 206. The Hall–Kier alpha value is -0.240. The third-order valence-electron chi connectivity index (χ3n) is 3.38. The summed E-state index contributed by atoms with van der Waals surface area (Å²) in [5.74, 6) is 1.02. The summed E-state index contributed by atoms with van der Waals surface area (Å²) in [7, 11) is 0. The lowest BCUT2D eigenvalue weighted by molar-refractivity contribution is -0.135. The first-order valence-electron chi connectivity index (χ1n) is 6.65. The molecule has 16 heavy (non-hydrogen) atoms. The van der Waals surface area contributed by atoms with Gasteiger partial charge in [-0.25, -0.2) is 0 Å². The molecular formula is C13H24ClNO. The molecule has 0 aromatic carbocycles. The van der Waals surface area contributed by atoms with Crippen LogP contribution in [0.5, 0.6) is 0 Å². The fourth-order valence-electron chi connectivity index (χ4n) is 2.42. The van der Waals surface area contributed by atoms with Crippen LogP contribution in [0.4, 0.5) is 0 Å². The summed E-state index contributed by atoms with van der Waals surface area (Å²) in [5.41, 5.74) is 0. The molecule has 94 valence electrons. The first kappa shape index (κ1) is 13.8. The van der Waals surface area contributed by atoms with Crippen LogP contribution in [0.15, 0.2) is 0 Å². The number of alkyl halides is 1. The molecular weight excluding hydrogens is 222 g/mol. The van der Waals surface area contributed by atoms with Crippen LogP contribution in [0.2, 0.25) is 0 Å². The van der Waals surface area contributed by atoms with Crippen molar-refractivity contribution in [1.82, 2.24) is 4.90 Å². The Morgan fingerprint density at radius 3 is 2.88 bits per heavy atom. The number of halogens is 1. The normalized spacial score (nSPS) is 21.1. The molecule has 1 fully saturated rings. The van der Waals surface area contributed by atoms with Gasteiger partial charge in [0.2, 0.25) is 5.91 Å². The summed E-state index contributed by atoms with van der Waals surface area (Å²) in [6, 6.07) is 0.417. The molecule has 0 spiro atoms. The van der Waals surface area contributed by atoms with Gasteiger partial charge in [0, 0.05) is 24.9 Å². The van der Waals surface area contributed by atoms with Gasteiger partial charge in [-0.3, -0.25) is 4.79 Å². The number of rotatable bonds is 6. The minimum atomic E-state index is 0.350. The molecule has 0 N–H and O–H groups in total. The first-order valence-corrected chi connectivity index (χ1v) is 7.18. The van der Waals surface area contributed by atoms with Crippen molar-refractivity contribution in [3.8, 4) is 0 Å². The Morgan fingerprint density at radius 1 is 1.38 bits per heavy atom. The van der Waals surface area contributed by atoms with Crippen LogP contribution in [-0.4, -0.2) is 29.3 Å². The van der Waals surface area contributed by atoms with Crippen LogP contribution in [0, 0.1) is 0 Å². The van der Waals surface area contributed by atoms with E-state index in [0.717, 1.165) is 38.6 Å². The summed E-state index contributed by atoms with van der Waals surface area (Å²) < 4.78 is 0. The van der Waals surface area contributed by atoms with Gasteiger partial charge < -0.3 is 4.90 Å². The van der Waals surface area contributed by atoms with Crippen molar-refractivity contribution < 1.29 is 4.79 Å². The molecule has 1 amide bonds. The van der Waals surface area contributed by atoms with E-state index in [1.807, 2.05) is 0 Å². The van der Waals surface area contributed by atoms with Crippen molar-refractivity contribution in [2.45, 2.75) is 64.3 Å². The summed E-state index contributed by atoms with van der Waals surface area (Å²) in [6.45, 7) is 3.12. The second kappa shape index (κ2) is 7.94. The monoisotopic (exact) mass is 245 g/mol. The quantitative estimate of drug-likeness (QED) is 0.518. The lowest BCUT2D eigenvalue weighted by Crippen LogP contribution is -2.43. The smallest absolute Gasteiger partial charge is 0.222 e. The lowest BCUT2D eigenvalue weighted by atomic mass is 9.99. The predicted molar refractivity (Wildman–Crippen MR) is 68.8 cm³/mol. The van der Waals surface area contributed by atoms with Crippen LogP contribution in [-0.2, 0) is 4.79 Å². The first-order chi connectivity index (χ1) is 7.79. The highest BCUT2D eigenvalue weighted by atomic mass is 35.5. The van der Waals surface area contributed by atoms with E-state index in [-0.39, 0.29) is 0 Å². The number of piperidine rings is 1. The Kier molecular flexibility index (Phi) is 6.86. The number of likely N-dealkylation sites (tertiary alicyclic amines) is 1. The molecule has 3 heteroatoms. The molecule has 2 nitrogen and oxygen atoms in total. The zero-order valence-corrected chi connectivity index (χ0v) is 11.1. The van der Waals surface area contributed by atoms with Crippen LogP contribution in [0.3, 0.4) is 0 Å². The molecule has 1 aliphatic heterocycles. The standard InChI is InChI=1S/C13H24ClNO/c1-2-3-4-8-13(16)15-11-6-5-7-12(15)9-10-14/h12H,2-11H2,1H3. The maximum absolute atomic E-state index is 12.0. The van der Waals surface area contributed by atoms with E-state index < -0.39 is 0 Å². The van der Waals surface area contributed by atoms with E-state index in [0.29, 0.717) is 17.8 Å². The maximum atomic E-state index is 12.0. The molecule has 1 atom stereocenters. The number of carbonyl (C=O) groups excluding carboxylic acids is 1. The second-order valence-electron chi connectivity index (χ2n) is 4.67. The number of unbranched alkanes of at least 4 members (excludes halogenated alkanes) is 2. The number of carbonyl (C=O) groups is 1. The number of hydrogen-bond donors (Lipinski definition) is 0. The lowest BCUT2D eigenvalue weighted by Gasteiger charge is -2.35. The van der Waals surface area contributed by atoms with E-state index in [1.54, 1.807) is 0 Å². The van der Waals surface area contributed by atoms with Crippen molar-refractivity contribution in [3.05, 3.63) is 0 Å². The van der Waals surface area contributed by atoms with Gasteiger partial charge in [-0.2, -0.15) is 0 Å². The Labute approximate surface area is 104 Å². The van der Waals surface area contributed by atoms with E-state index in [1.165, 1.54) is 19.3 Å². The third kappa shape index (κ3) is 4.32. The maximum Gasteiger partial charge on any atom is 0.222 e. The Morgan fingerprint density at radius 2 is 2.19 bits per heavy atom. The van der Waals surface area contributed by atoms with Gasteiger partial charge in [0.25, 0.3) is 0 Å². The molecule has 1 unspecified atom stereocenters. The molecule has 1 saturated heterocycles. The molecule has 0 aromatic rings. The Balaban J connectivity index is 2.37. The minimum Gasteiger partial charge on any atom is -0.340 e. The van der Waals surface area contributed by atoms with Gasteiger partial charge in [0.15, 0.2) is 0 Å². The topological polar surface area (TPSA) is 20.3 Å². The highest BCUT2D eigenvalue weighted by Crippen LogP contribution is 2.21. The molecule has 0 aromatic heterocycles. The molecule has 1 heterocycles. The van der Waals surface area contributed by atoms with E-state index in [9.17, 15) is 4.79 Å². The van der Waals surface area contributed by atoms with Gasteiger partial charge in [-0.15, -0.1) is 11.6 Å². The van der Waals surface area contributed by atoms with Crippen molar-refractivity contribution in [1.29, 1.82) is 0 Å². The molecule has 0 radical (unpaired) electrons. The second-order valence-corrected chi connectivity index (χ2v) is 5.05. The fraction of sp³-hybridized carbons (Fsp3) is 0.923. The van der Waals surface area contributed by atoms with Crippen LogP contribution in [0.1, 0.15) is 58.3 Å². The number of hydrogen-bond acceptors (Lipinski definition) is 1.